The van der Waals surface area contributed by atoms with Crippen LogP contribution >= 0.6 is 11.6 Å². The maximum Gasteiger partial charge on any atom is 0.247 e. The topological polar surface area (TPSA) is 49.9 Å². The van der Waals surface area contributed by atoms with Crippen LogP contribution in [0.2, 0.25) is 5.02 Å². The van der Waals surface area contributed by atoms with Crippen molar-refractivity contribution in [3.8, 4) is 5.75 Å². The van der Waals surface area contributed by atoms with Gasteiger partial charge in [-0.2, -0.15) is 4.31 Å². The fraction of sp³-hybridized carbons (Fsp3) is 0.429. The summed E-state index contributed by atoms with van der Waals surface area (Å²) in [5.41, 5.74) is 1.21. The molecule has 0 amide bonds. The van der Waals surface area contributed by atoms with E-state index < -0.39 is 10.0 Å². The van der Waals surface area contributed by atoms with E-state index >= 15 is 0 Å². The van der Waals surface area contributed by atoms with Crippen LogP contribution in [0.1, 0.15) is 25.3 Å². The summed E-state index contributed by atoms with van der Waals surface area (Å²) in [6.07, 6.45) is 1.39. The lowest BCUT2D eigenvalue weighted by Crippen LogP contribution is -2.46. The molecule has 0 aromatic heterocycles. The molecule has 5 nitrogen and oxygen atoms in total. The average Bonchev–Trinajstić information content (AvgIpc) is 2.92. The largest absolute Gasteiger partial charge is 0.487 e. The molecule has 2 aromatic carbocycles. The molecule has 0 bridgehead atoms. The molecule has 2 aliphatic heterocycles. The van der Waals surface area contributed by atoms with Crippen LogP contribution in [0.3, 0.4) is 0 Å². The van der Waals surface area contributed by atoms with Crippen molar-refractivity contribution in [2.45, 2.75) is 43.4 Å². The third-order valence-corrected chi connectivity index (χ3v) is 7.91. The van der Waals surface area contributed by atoms with Gasteiger partial charge in [-0.15, -0.1) is 0 Å². The number of hydrogen-bond acceptors (Lipinski definition) is 4. The summed E-state index contributed by atoms with van der Waals surface area (Å²) in [6.45, 7) is 4.86. The predicted octanol–water partition coefficient (Wildman–Crippen LogP) is 3.78. The summed E-state index contributed by atoms with van der Waals surface area (Å²) in [6, 6.07) is 14.7. The van der Waals surface area contributed by atoms with Gasteiger partial charge in [0.25, 0.3) is 0 Å². The van der Waals surface area contributed by atoms with Crippen LogP contribution in [0.25, 0.3) is 0 Å². The van der Waals surface area contributed by atoms with Gasteiger partial charge in [-0.3, -0.25) is 4.90 Å². The summed E-state index contributed by atoms with van der Waals surface area (Å²) in [7, 11) is -3.56. The molecule has 0 aliphatic carbocycles. The molecule has 2 atom stereocenters. The fourth-order valence-electron chi connectivity index (χ4n) is 4.22. The normalized spacial score (nSPS) is 25.1. The van der Waals surface area contributed by atoms with E-state index in [0.717, 1.165) is 37.5 Å². The monoisotopic (exact) mass is 420 g/mol. The predicted molar refractivity (Wildman–Crippen MR) is 110 cm³/mol. The lowest BCUT2D eigenvalue weighted by atomic mass is 10.1. The van der Waals surface area contributed by atoms with Gasteiger partial charge in [0, 0.05) is 31.2 Å². The van der Waals surface area contributed by atoms with Crippen molar-refractivity contribution < 1.29 is 13.2 Å². The summed E-state index contributed by atoms with van der Waals surface area (Å²) in [5.74, 6) is 0.472. The first kappa shape index (κ1) is 19.7. The minimum atomic E-state index is -3.56. The van der Waals surface area contributed by atoms with Gasteiger partial charge in [0.2, 0.25) is 10.0 Å². The van der Waals surface area contributed by atoms with E-state index in [9.17, 15) is 8.42 Å². The number of hydrogen-bond donors (Lipinski definition) is 0. The second-order valence-corrected chi connectivity index (χ2v) is 9.65. The number of halogens is 1. The number of para-hydroxylation sites is 1. The van der Waals surface area contributed by atoms with E-state index in [2.05, 4.69) is 4.90 Å². The molecule has 1 saturated heterocycles. The Kier molecular flexibility index (Phi) is 5.65. The smallest absolute Gasteiger partial charge is 0.247 e. The lowest BCUT2D eigenvalue weighted by Gasteiger charge is -2.30. The maximum absolute atomic E-state index is 13.2. The van der Waals surface area contributed by atoms with Crippen molar-refractivity contribution >= 4 is 21.6 Å². The number of nitrogens with zero attached hydrogens (tertiary/aromatic N) is 2. The Morgan fingerprint density at radius 2 is 1.79 bits per heavy atom. The highest BCUT2D eigenvalue weighted by molar-refractivity contribution is 7.89. The fourth-order valence-corrected chi connectivity index (χ4v) is 6.16. The molecule has 0 radical (unpaired) electrons. The van der Waals surface area contributed by atoms with Crippen molar-refractivity contribution in [2.75, 3.05) is 19.6 Å². The number of rotatable bonds is 3. The van der Waals surface area contributed by atoms with Crippen LogP contribution < -0.4 is 4.74 Å². The summed E-state index contributed by atoms with van der Waals surface area (Å²) in [5, 5.41) is 0.734. The Balaban J connectivity index is 1.58. The number of ether oxygens (including phenoxy) is 1. The van der Waals surface area contributed by atoms with E-state index in [1.54, 1.807) is 22.5 Å². The first-order valence-corrected chi connectivity index (χ1v) is 11.5. The minimum absolute atomic E-state index is 0.145. The van der Waals surface area contributed by atoms with Crippen LogP contribution in [-0.4, -0.2) is 49.4 Å². The molecule has 0 N–H and O–H groups in total. The maximum atomic E-state index is 13.2. The van der Waals surface area contributed by atoms with Gasteiger partial charge in [-0.05, 0) is 42.7 Å². The van der Waals surface area contributed by atoms with E-state index in [0.29, 0.717) is 12.3 Å². The zero-order valence-electron chi connectivity index (χ0n) is 15.9. The molecule has 150 valence electrons. The van der Waals surface area contributed by atoms with Crippen LogP contribution in [0, 0.1) is 0 Å². The molecule has 0 unspecified atom stereocenters. The van der Waals surface area contributed by atoms with Gasteiger partial charge in [-0.25, -0.2) is 8.42 Å². The SMILES string of the molecule is CCN1[C@@H]2CCN(Cc3ccc(Cl)cc3)CC[C@H]2Oc2ccccc2S1(=O)=O. The van der Waals surface area contributed by atoms with Crippen molar-refractivity contribution in [1.29, 1.82) is 0 Å². The van der Waals surface area contributed by atoms with Gasteiger partial charge in [-0.1, -0.05) is 42.8 Å². The van der Waals surface area contributed by atoms with Gasteiger partial charge in [0.05, 0.1) is 6.04 Å². The van der Waals surface area contributed by atoms with Gasteiger partial charge >= 0.3 is 0 Å². The van der Waals surface area contributed by atoms with Crippen LogP contribution in [0.4, 0.5) is 0 Å². The van der Waals surface area contributed by atoms with Gasteiger partial charge < -0.3 is 4.74 Å². The highest BCUT2D eigenvalue weighted by atomic mass is 35.5. The highest BCUT2D eigenvalue weighted by Gasteiger charge is 2.42. The van der Waals surface area contributed by atoms with Crippen molar-refractivity contribution in [1.82, 2.24) is 9.21 Å². The molecule has 2 heterocycles. The van der Waals surface area contributed by atoms with E-state index in [4.69, 9.17) is 16.3 Å². The second-order valence-electron chi connectivity index (χ2n) is 7.36. The zero-order valence-corrected chi connectivity index (χ0v) is 17.5. The van der Waals surface area contributed by atoms with Crippen molar-refractivity contribution in [3.63, 3.8) is 0 Å². The number of likely N-dealkylation sites (N-methyl/N-ethyl adjacent to an activating group) is 1. The molecule has 1 fully saturated rings. The Hall–Kier alpha value is -1.60. The van der Waals surface area contributed by atoms with Crippen LogP contribution in [0.15, 0.2) is 53.4 Å². The standard InChI is InChI=1S/C21H25ClN2O3S/c1-2-24-18-11-13-23(15-16-7-9-17(22)10-8-16)14-12-19(18)27-20-5-3-4-6-21(20)28(24,25)26/h3-10,18-19H,2,11-15H2,1H3/t18-,19-/m1/s1. The third-order valence-electron chi connectivity index (χ3n) is 5.62. The molecule has 4 rings (SSSR count). The average molecular weight is 421 g/mol. The molecule has 0 saturated carbocycles. The Morgan fingerprint density at radius 1 is 1.07 bits per heavy atom. The third kappa shape index (κ3) is 3.79. The number of benzene rings is 2. The number of sulfonamides is 1. The molecule has 2 aliphatic rings. The molecular formula is C21H25ClN2O3S. The molecule has 2 aromatic rings. The lowest BCUT2D eigenvalue weighted by molar-refractivity contribution is 0.115. The zero-order chi connectivity index (χ0) is 19.7. The second kappa shape index (κ2) is 8.03. The highest BCUT2D eigenvalue weighted by Crippen LogP contribution is 2.36. The summed E-state index contributed by atoms with van der Waals surface area (Å²) in [4.78, 5) is 2.65. The first-order valence-electron chi connectivity index (χ1n) is 9.73. The van der Waals surface area contributed by atoms with E-state index in [1.165, 1.54) is 5.56 Å². The van der Waals surface area contributed by atoms with Gasteiger partial charge in [0.15, 0.2) is 0 Å². The van der Waals surface area contributed by atoms with Crippen molar-refractivity contribution in [3.05, 3.63) is 59.1 Å². The van der Waals surface area contributed by atoms with Crippen LogP contribution in [-0.2, 0) is 16.6 Å². The van der Waals surface area contributed by atoms with Crippen LogP contribution in [0.5, 0.6) is 5.75 Å². The quantitative estimate of drug-likeness (QED) is 0.758. The van der Waals surface area contributed by atoms with E-state index in [1.807, 2.05) is 37.3 Å². The number of likely N-dealkylation sites (tertiary alicyclic amines) is 1. The Bertz CT molecular complexity index is 933. The molecule has 7 heteroatoms. The van der Waals surface area contributed by atoms with Crippen molar-refractivity contribution in [2.24, 2.45) is 0 Å². The minimum Gasteiger partial charge on any atom is -0.487 e. The summed E-state index contributed by atoms with van der Waals surface area (Å²) < 4.78 is 34.4. The van der Waals surface area contributed by atoms with E-state index in [-0.39, 0.29) is 17.0 Å². The van der Waals surface area contributed by atoms with Gasteiger partial charge in [0.1, 0.15) is 16.7 Å². The summed E-state index contributed by atoms with van der Waals surface area (Å²) >= 11 is 5.99. The number of fused-ring (bicyclic) bond motifs is 2. The molecular weight excluding hydrogens is 396 g/mol. The Morgan fingerprint density at radius 3 is 2.54 bits per heavy atom. The Labute approximate surface area is 171 Å². The first-order chi connectivity index (χ1) is 13.5. The molecule has 0 spiro atoms. The molecule has 28 heavy (non-hydrogen) atoms.